The van der Waals surface area contributed by atoms with E-state index in [2.05, 4.69) is 20.0 Å². The number of benzene rings is 1. The standard InChI is InChI=1S/C14H14F3N3O/c1-2-18-12(13-19-7-4-8-20-13)10-5-3-6-11(9-10)21-14(15,16)17/h3-9,12,18H,2H2,1H3. The van der Waals surface area contributed by atoms with Gasteiger partial charge in [-0.25, -0.2) is 9.97 Å². The molecule has 2 rings (SSSR count). The summed E-state index contributed by atoms with van der Waals surface area (Å²) in [6.45, 7) is 2.51. The van der Waals surface area contributed by atoms with E-state index in [9.17, 15) is 13.2 Å². The van der Waals surface area contributed by atoms with Crippen LogP contribution in [0.1, 0.15) is 24.4 Å². The number of aromatic nitrogens is 2. The zero-order chi connectivity index (χ0) is 15.3. The van der Waals surface area contributed by atoms with Crippen LogP contribution in [0.2, 0.25) is 0 Å². The maximum absolute atomic E-state index is 12.3. The van der Waals surface area contributed by atoms with Crippen LogP contribution in [0.5, 0.6) is 5.75 Å². The lowest BCUT2D eigenvalue weighted by Crippen LogP contribution is -2.24. The predicted molar refractivity (Wildman–Crippen MR) is 70.7 cm³/mol. The van der Waals surface area contributed by atoms with Crippen molar-refractivity contribution in [2.75, 3.05) is 6.54 Å². The summed E-state index contributed by atoms with van der Waals surface area (Å²) in [5.74, 6) is 0.224. The van der Waals surface area contributed by atoms with Crippen LogP contribution in [0.3, 0.4) is 0 Å². The molecule has 0 radical (unpaired) electrons. The molecule has 0 aliphatic rings. The van der Waals surface area contributed by atoms with Gasteiger partial charge in [-0.3, -0.25) is 0 Å². The van der Waals surface area contributed by atoms with Crippen molar-refractivity contribution in [1.29, 1.82) is 0 Å². The first-order chi connectivity index (χ1) is 9.99. The van der Waals surface area contributed by atoms with Gasteiger partial charge < -0.3 is 10.1 Å². The number of halogens is 3. The Morgan fingerprint density at radius 3 is 2.52 bits per heavy atom. The number of nitrogens with one attached hydrogen (secondary N) is 1. The van der Waals surface area contributed by atoms with Gasteiger partial charge in [0.25, 0.3) is 0 Å². The highest BCUT2D eigenvalue weighted by Gasteiger charge is 2.31. The minimum atomic E-state index is -4.71. The SMILES string of the molecule is CCNC(c1cccc(OC(F)(F)F)c1)c1ncccn1. The second-order valence-electron chi connectivity index (χ2n) is 4.22. The summed E-state index contributed by atoms with van der Waals surface area (Å²) in [6.07, 6.45) is -1.54. The molecule has 2 aromatic rings. The molecule has 1 aromatic carbocycles. The van der Waals surface area contributed by atoms with Gasteiger partial charge in [0.05, 0.1) is 6.04 Å². The first-order valence-corrected chi connectivity index (χ1v) is 6.35. The van der Waals surface area contributed by atoms with Crippen molar-refractivity contribution in [1.82, 2.24) is 15.3 Å². The van der Waals surface area contributed by atoms with Gasteiger partial charge in [0, 0.05) is 12.4 Å². The summed E-state index contributed by atoms with van der Waals surface area (Å²) in [7, 11) is 0. The number of hydrogen-bond donors (Lipinski definition) is 1. The molecule has 0 bridgehead atoms. The maximum atomic E-state index is 12.3. The van der Waals surface area contributed by atoms with Crippen LogP contribution in [-0.2, 0) is 0 Å². The van der Waals surface area contributed by atoms with E-state index >= 15 is 0 Å². The quantitative estimate of drug-likeness (QED) is 0.921. The second kappa shape index (κ2) is 6.53. The Bertz CT molecular complexity index is 575. The molecule has 1 N–H and O–H groups in total. The molecule has 0 saturated carbocycles. The average molecular weight is 297 g/mol. The number of alkyl halides is 3. The maximum Gasteiger partial charge on any atom is 0.573 e. The van der Waals surface area contributed by atoms with Gasteiger partial charge in [0.15, 0.2) is 0 Å². The third-order valence-electron chi connectivity index (χ3n) is 2.68. The van der Waals surface area contributed by atoms with Crippen LogP contribution in [0.25, 0.3) is 0 Å². The summed E-state index contributed by atoms with van der Waals surface area (Å²) in [5, 5.41) is 3.14. The van der Waals surface area contributed by atoms with E-state index < -0.39 is 12.4 Å². The number of nitrogens with zero attached hydrogens (tertiary/aromatic N) is 2. The van der Waals surface area contributed by atoms with Crippen LogP contribution < -0.4 is 10.1 Å². The Kier molecular flexibility index (Phi) is 4.74. The van der Waals surface area contributed by atoms with Gasteiger partial charge in [-0.15, -0.1) is 13.2 Å². The van der Waals surface area contributed by atoms with E-state index in [1.165, 1.54) is 18.2 Å². The monoisotopic (exact) mass is 297 g/mol. The number of rotatable bonds is 5. The van der Waals surface area contributed by atoms with Crippen LogP contribution in [-0.4, -0.2) is 22.9 Å². The molecule has 1 unspecified atom stereocenters. The zero-order valence-corrected chi connectivity index (χ0v) is 11.3. The molecule has 7 heteroatoms. The van der Waals surface area contributed by atoms with Crippen molar-refractivity contribution >= 4 is 0 Å². The third kappa shape index (κ3) is 4.42. The lowest BCUT2D eigenvalue weighted by Gasteiger charge is -2.18. The summed E-state index contributed by atoms with van der Waals surface area (Å²) in [5.41, 5.74) is 0.602. The Morgan fingerprint density at radius 2 is 1.90 bits per heavy atom. The van der Waals surface area contributed by atoms with E-state index in [1.54, 1.807) is 24.5 Å². The highest BCUT2D eigenvalue weighted by atomic mass is 19.4. The van der Waals surface area contributed by atoms with Gasteiger partial charge in [-0.05, 0) is 30.3 Å². The summed E-state index contributed by atoms with van der Waals surface area (Å²) >= 11 is 0. The summed E-state index contributed by atoms with van der Waals surface area (Å²) in [4.78, 5) is 8.28. The Hall–Kier alpha value is -2.15. The largest absolute Gasteiger partial charge is 0.573 e. The minimum absolute atomic E-state index is 0.265. The van der Waals surface area contributed by atoms with E-state index in [4.69, 9.17) is 0 Å². The Morgan fingerprint density at radius 1 is 1.19 bits per heavy atom. The Labute approximate surface area is 120 Å². The number of hydrogen-bond acceptors (Lipinski definition) is 4. The highest BCUT2D eigenvalue weighted by molar-refractivity contribution is 5.33. The van der Waals surface area contributed by atoms with E-state index in [-0.39, 0.29) is 5.75 Å². The Balaban J connectivity index is 2.31. The molecule has 112 valence electrons. The fourth-order valence-electron chi connectivity index (χ4n) is 1.91. The lowest BCUT2D eigenvalue weighted by atomic mass is 10.1. The number of ether oxygens (including phenoxy) is 1. The van der Waals surface area contributed by atoms with Crippen molar-refractivity contribution in [2.24, 2.45) is 0 Å². The van der Waals surface area contributed by atoms with Gasteiger partial charge in [0.2, 0.25) is 0 Å². The van der Waals surface area contributed by atoms with Crippen molar-refractivity contribution in [3.63, 3.8) is 0 Å². The van der Waals surface area contributed by atoms with E-state index in [1.807, 2.05) is 6.92 Å². The summed E-state index contributed by atoms with van der Waals surface area (Å²) in [6, 6.07) is 7.07. The fraction of sp³-hybridized carbons (Fsp3) is 0.286. The van der Waals surface area contributed by atoms with Crippen LogP contribution in [0, 0.1) is 0 Å². The molecule has 1 aromatic heterocycles. The van der Waals surface area contributed by atoms with Crippen molar-refractivity contribution < 1.29 is 17.9 Å². The molecule has 21 heavy (non-hydrogen) atoms. The third-order valence-corrected chi connectivity index (χ3v) is 2.68. The minimum Gasteiger partial charge on any atom is -0.406 e. The van der Waals surface area contributed by atoms with Crippen LogP contribution >= 0.6 is 0 Å². The molecule has 0 saturated heterocycles. The first-order valence-electron chi connectivity index (χ1n) is 6.35. The van der Waals surface area contributed by atoms with E-state index in [0.717, 1.165) is 0 Å². The van der Waals surface area contributed by atoms with Crippen molar-refractivity contribution in [3.8, 4) is 5.75 Å². The molecule has 0 aliphatic heterocycles. The van der Waals surface area contributed by atoms with Gasteiger partial charge in [0.1, 0.15) is 11.6 Å². The van der Waals surface area contributed by atoms with Gasteiger partial charge in [-0.2, -0.15) is 0 Å². The smallest absolute Gasteiger partial charge is 0.406 e. The molecule has 0 fully saturated rings. The second-order valence-corrected chi connectivity index (χ2v) is 4.22. The molecule has 0 spiro atoms. The van der Waals surface area contributed by atoms with Crippen LogP contribution in [0.4, 0.5) is 13.2 Å². The van der Waals surface area contributed by atoms with Crippen molar-refractivity contribution in [3.05, 3.63) is 54.1 Å². The average Bonchev–Trinajstić information content (AvgIpc) is 2.44. The van der Waals surface area contributed by atoms with Gasteiger partial charge in [-0.1, -0.05) is 19.1 Å². The molecule has 1 atom stereocenters. The summed E-state index contributed by atoms with van der Waals surface area (Å²) < 4.78 is 40.8. The first kappa shape index (κ1) is 15.2. The van der Waals surface area contributed by atoms with Gasteiger partial charge >= 0.3 is 6.36 Å². The van der Waals surface area contributed by atoms with Crippen LogP contribution in [0.15, 0.2) is 42.7 Å². The topological polar surface area (TPSA) is 47.0 Å². The zero-order valence-electron chi connectivity index (χ0n) is 11.3. The molecule has 0 amide bonds. The molecule has 0 aliphatic carbocycles. The fourth-order valence-corrected chi connectivity index (χ4v) is 1.91. The van der Waals surface area contributed by atoms with E-state index in [0.29, 0.717) is 17.9 Å². The highest BCUT2D eigenvalue weighted by Crippen LogP contribution is 2.27. The lowest BCUT2D eigenvalue weighted by molar-refractivity contribution is -0.274. The molecular weight excluding hydrogens is 283 g/mol. The molecular formula is C14H14F3N3O. The van der Waals surface area contributed by atoms with Crippen molar-refractivity contribution in [2.45, 2.75) is 19.3 Å². The normalized spacial score (nSPS) is 13.0. The molecule has 4 nitrogen and oxygen atoms in total. The molecule has 1 heterocycles. The predicted octanol–water partition coefficient (Wildman–Crippen LogP) is 3.07.